The summed E-state index contributed by atoms with van der Waals surface area (Å²) >= 11 is 0. The zero-order valence-electron chi connectivity index (χ0n) is 12.8. The van der Waals surface area contributed by atoms with E-state index in [0.29, 0.717) is 18.6 Å². The molecular formula is C17H20N2O3. The second-order valence-electron chi connectivity index (χ2n) is 6.19. The summed E-state index contributed by atoms with van der Waals surface area (Å²) in [6, 6.07) is 7.83. The molecule has 5 nitrogen and oxygen atoms in total. The predicted molar refractivity (Wildman–Crippen MR) is 82.1 cm³/mol. The number of esters is 1. The summed E-state index contributed by atoms with van der Waals surface area (Å²) in [6.07, 6.45) is 2.43. The monoisotopic (exact) mass is 300 g/mol. The fourth-order valence-corrected chi connectivity index (χ4v) is 4.12. The molecule has 1 fully saturated rings. The van der Waals surface area contributed by atoms with E-state index in [9.17, 15) is 9.90 Å². The van der Waals surface area contributed by atoms with Gasteiger partial charge in [-0.05, 0) is 19.9 Å². The molecule has 0 bridgehead atoms. The Morgan fingerprint density at radius 3 is 3.00 bits per heavy atom. The molecule has 1 aromatic rings. The average Bonchev–Trinajstić information content (AvgIpc) is 2.98. The first-order valence-corrected chi connectivity index (χ1v) is 7.82. The molecule has 5 heteroatoms. The molecule has 22 heavy (non-hydrogen) atoms. The highest BCUT2D eigenvalue weighted by Crippen LogP contribution is 2.53. The lowest BCUT2D eigenvalue weighted by molar-refractivity contribution is -0.139. The topological polar surface area (TPSA) is 53.0 Å². The van der Waals surface area contributed by atoms with Crippen LogP contribution in [-0.2, 0) is 15.1 Å². The molecular weight excluding hydrogens is 280 g/mol. The van der Waals surface area contributed by atoms with E-state index in [4.69, 9.17) is 4.74 Å². The zero-order valence-corrected chi connectivity index (χ0v) is 12.8. The Morgan fingerprint density at radius 1 is 1.45 bits per heavy atom. The van der Waals surface area contributed by atoms with E-state index >= 15 is 0 Å². The smallest absolute Gasteiger partial charge is 0.337 e. The zero-order chi connectivity index (χ0) is 15.5. The molecule has 3 atom stereocenters. The number of hydrogen-bond donors (Lipinski definition) is 1. The Bertz CT molecular complexity index is 672. The summed E-state index contributed by atoms with van der Waals surface area (Å²) in [5.41, 5.74) is 1.77. The number of carbonyl (C=O) groups excluding carboxylic acids is 1. The molecule has 0 aliphatic carbocycles. The third-order valence-corrected chi connectivity index (χ3v) is 5.09. The maximum Gasteiger partial charge on any atom is 0.337 e. The number of anilines is 1. The number of hydrogen-bond acceptors (Lipinski definition) is 5. The Hall–Kier alpha value is -2.01. The van der Waals surface area contributed by atoms with Crippen LogP contribution in [0.3, 0.4) is 0 Å². The van der Waals surface area contributed by atoms with Crippen molar-refractivity contribution in [2.45, 2.75) is 38.1 Å². The number of rotatable bonds is 2. The van der Waals surface area contributed by atoms with Gasteiger partial charge in [-0.3, -0.25) is 0 Å². The minimum Gasteiger partial charge on any atom is -0.463 e. The van der Waals surface area contributed by atoms with Crippen molar-refractivity contribution < 1.29 is 14.6 Å². The van der Waals surface area contributed by atoms with Gasteiger partial charge in [0.15, 0.2) is 0 Å². The summed E-state index contributed by atoms with van der Waals surface area (Å²) in [7, 11) is 0. The standard InChI is InChI=1S/C17H20N2O3/c1-3-22-15(20)12-10-18-9-8-17(21)13-6-4-5-7-14(13)19(11(12)2)16(17)18/h4-7,10-11,16,21H,3,8-9H2,1-2H3/t11-,16-,17-/m1/s1. The lowest BCUT2D eigenvalue weighted by Crippen LogP contribution is -2.56. The van der Waals surface area contributed by atoms with Crippen molar-refractivity contribution in [3.63, 3.8) is 0 Å². The Balaban J connectivity index is 1.83. The van der Waals surface area contributed by atoms with Crippen LogP contribution in [0.5, 0.6) is 0 Å². The summed E-state index contributed by atoms with van der Waals surface area (Å²) in [5.74, 6) is -0.270. The Kier molecular flexibility index (Phi) is 2.78. The van der Waals surface area contributed by atoms with Crippen LogP contribution in [0.4, 0.5) is 5.69 Å². The van der Waals surface area contributed by atoms with Crippen molar-refractivity contribution in [3.8, 4) is 0 Å². The minimum atomic E-state index is -0.860. The van der Waals surface area contributed by atoms with E-state index in [-0.39, 0.29) is 18.2 Å². The first kappa shape index (κ1) is 13.6. The van der Waals surface area contributed by atoms with Crippen molar-refractivity contribution in [2.75, 3.05) is 18.1 Å². The van der Waals surface area contributed by atoms with Crippen molar-refractivity contribution in [1.29, 1.82) is 0 Å². The molecule has 1 aromatic carbocycles. The number of aliphatic hydroxyl groups is 1. The van der Waals surface area contributed by atoms with Crippen LogP contribution in [-0.4, -0.2) is 41.3 Å². The van der Waals surface area contributed by atoms with Gasteiger partial charge < -0.3 is 19.6 Å². The minimum absolute atomic E-state index is 0.117. The van der Waals surface area contributed by atoms with Crippen molar-refractivity contribution >= 4 is 11.7 Å². The molecule has 4 rings (SSSR count). The van der Waals surface area contributed by atoms with Gasteiger partial charge in [0.05, 0.1) is 18.2 Å². The molecule has 0 aromatic heterocycles. The molecule has 0 radical (unpaired) electrons. The van der Waals surface area contributed by atoms with Crippen LogP contribution >= 0.6 is 0 Å². The lowest BCUT2D eigenvalue weighted by Gasteiger charge is -2.43. The largest absolute Gasteiger partial charge is 0.463 e. The number of carbonyl (C=O) groups is 1. The van der Waals surface area contributed by atoms with Crippen LogP contribution in [0, 0.1) is 0 Å². The molecule has 0 amide bonds. The number of nitrogens with zero attached hydrogens (tertiary/aromatic N) is 2. The number of fused-ring (bicyclic) bond motifs is 3. The van der Waals surface area contributed by atoms with Crippen molar-refractivity contribution in [1.82, 2.24) is 4.90 Å². The van der Waals surface area contributed by atoms with E-state index in [2.05, 4.69) is 9.80 Å². The van der Waals surface area contributed by atoms with Crippen LogP contribution in [0.15, 0.2) is 36.0 Å². The second kappa shape index (κ2) is 4.49. The van der Waals surface area contributed by atoms with Gasteiger partial charge in [-0.15, -0.1) is 0 Å². The third-order valence-electron chi connectivity index (χ3n) is 5.09. The highest BCUT2D eigenvalue weighted by atomic mass is 16.5. The predicted octanol–water partition coefficient (Wildman–Crippen LogP) is 1.58. The van der Waals surface area contributed by atoms with Crippen molar-refractivity contribution in [3.05, 3.63) is 41.6 Å². The molecule has 3 aliphatic heterocycles. The molecule has 1 N–H and O–H groups in total. The first-order chi connectivity index (χ1) is 10.6. The highest BCUT2D eigenvalue weighted by molar-refractivity contribution is 5.91. The molecule has 116 valence electrons. The van der Waals surface area contributed by atoms with Crippen LogP contribution in [0.25, 0.3) is 0 Å². The second-order valence-corrected chi connectivity index (χ2v) is 6.19. The Morgan fingerprint density at radius 2 is 2.23 bits per heavy atom. The van der Waals surface area contributed by atoms with E-state index in [1.807, 2.05) is 44.3 Å². The summed E-state index contributed by atoms with van der Waals surface area (Å²) in [4.78, 5) is 16.5. The normalized spacial score (nSPS) is 31.7. The summed E-state index contributed by atoms with van der Waals surface area (Å²) in [5, 5.41) is 11.2. The van der Waals surface area contributed by atoms with Crippen LogP contribution in [0.2, 0.25) is 0 Å². The van der Waals surface area contributed by atoms with Gasteiger partial charge in [-0.1, -0.05) is 18.2 Å². The van der Waals surface area contributed by atoms with Gasteiger partial charge in [0.2, 0.25) is 0 Å². The van der Waals surface area contributed by atoms with Crippen LogP contribution < -0.4 is 4.90 Å². The van der Waals surface area contributed by atoms with E-state index < -0.39 is 5.60 Å². The van der Waals surface area contributed by atoms with Gasteiger partial charge in [0, 0.05) is 30.4 Å². The van der Waals surface area contributed by atoms with Gasteiger partial charge >= 0.3 is 5.97 Å². The van der Waals surface area contributed by atoms with E-state index in [1.165, 1.54) is 0 Å². The molecule has 3 aliphatic rings. The molecule has 3 heterocycles. The molecule has 1 saturated heterocycles. The molecule has 0 spiro atoms. The first-order valence-electron chi connectivity index (χ1n) is 7.82. The maximum absolute atomic E-state index is 12.3. The van der Waals surface area contributed by atoms with Gasteiger partial charge in [-0.2, -0.15) is 0 Å². The Labute approximate surface area is 129 Å². The summed E-state index contributed by atoms with van der Waals surface area (Å²) < 4.78 is 5.20. The average molecular weight is 300 g/mol. The van der Waals surface area contributed by atoms with E-state index in [1.54, 1.807) is 0 Å². The fourth-order valence-electron chi connectivity index (χ4n) is 4.12. The molecule has 0 saturated carbocycles. The lowest BCUT2D eigenvalue weighted by atomic mass is 9.93. The molecule has 0 unspecified atom stereocenters. The van der Waals surface area contributed by atoms with Crippen LogP contribution in [0.1, 0.15) is 25.8 Å². The van der Waals surface area contributed by atoms with Gasteiger partial charge in [0.25, 0.3) is 0 Å². The fraction of sp³-hybridized carbons (Fsp3) is 0.471. The number of ether oxygens (including phenoxy) is 1. The van der Waals surface area contributed by atoms with Crippen molar-refractivity contribution in [2.24, 2.45) is 0 Å². The van der Waals surface area contributed by atoms with Gasteiger partial charge in [0.1, 0.15) is 11.8 Å². The van der Waals surface area contributed by atoms with E-state index in [0.717, 1.165) is 17.8 Å². The highest BCUT2D eigenvalue weighted by Gasteiger charge is 2.59. The number of benzene rings is 1. The summed E-state index contributed by atoms with van der Waals surface area (Å²) in [6.45, 7) is 4.92. The SMILES string of the molecule is CCOC(=O)C1=CN2CC[C@@]3(O)c4ccccc4N([C@@H]1C)[C@@H]23. The third kappa shape index (κ3) is 1.54. The number of para-hydroxylation sites is 1. The van der Waals surface area contributed by atoms with Gasteiger partial charge in [-0.25, -0.2) is 4.79 Å². The quantitative estimate of drug-likeness (QED) is 0.840. The maximum atomic E-state index is 12.3.